The van der Waals surface area contributed by atoms with Crippen LogP contribution in [-0.4, -0.2) is 45.6 Å². The highest BCUT2D eigenvalue weighted by Gasteiger charge is 2.47. The average molecular weight is 308 g/mol. The van der Waals surface area contributed by atoms with Crippen molar-refractivity contribution in [3.05, 3.63) is 33.2 Å². The van der Waals surface area contributed by atoms with E-state index in [1.54, 1.807) is 6.07 Å². The van der Waals surface area contributed by atoms with Gasteiger partial charge < -0.3 is 15.0 Å². The average Bonchev–Trinajstić information content (AvgIpc) is 2.90. The molecule has 1 aromatic rings. The quantitative estimate of drug-likeness (QED) is 0.849. The first kappa shape index (κ1) is 14.7. The maximum Gasteiger partial charge on any atom is 0.343 e. The standard InChI is InChI=1S/C15H17FN2O4/c16-15(14(21)22)5-6-18(8-15)13(20)10-7-9-3-1-2-4-11(9)17-12(10)19/h7H,1-6,8H2,(H,17,19)(H,21,22). The van der Waals surface area contributed by atoms with Crippen LogP contribution in [0, 0.1) is 0 Å². The van der Waals surface area contributed by atoms with Crippen LogP contribution in [0.15, 0.2) is 10.9 Å². The normalized spacial score (nSPS) is 24.1. The van der Waals surface area contributed by atoms with Crippen molar-refractivity contribution in [1.82, 2.24) is 9.88 Å². The molecule has 1 atom stereocenters. The molecule has 1 aliphatic carbocycles. The molecular weight excluding hydrogens is 291 g/mol. The number of nitrogens with zero attached hydrogens (tertiary/aromatic N) is 1. The van der Waals surface area contributed by atoms with Gasteiger partial charge in [0, 0.05) is 18.7 Å². The van der Waals surface area contributed by atoms with E-state index in [0.717, 1.165) is 41.8 Å². The molecule has 2 N–H and O–H groups in total. The Bertz CT molecular complexity index is 699. The number of likely N-dealkylation sites (tertiary alicyclic amines) is 1. The molecule has 0 aromatic carbocycles. The van der Waals surface area contributed by atoms with E-state index in [1.807, 2.05) is 0 Å². The van der Waals surface area contributed by atoms with Crippen LogP contribution in [0.3, 0.4) is 0 Å². The minimum Gasteiger partial charge on any atom is -0.479 e. The van der Waals surface area contributed by atoms with Crippen LogP contribution < -0.4 is 5.56 Å². The number of rotatable bonds is 2. The number of alkyl halides is 1. The number of amides is 1. The fourth-order valence-corrected chi connectivity index (χ4v) is 3.12. The van der Waals surface area contributed by atoms with Gasteiger partial charge in [0.25, 0.3) is 11.5 Å². The van der Waals surface area contributed by atoms with E-state index in [-0.39, 0.29) is 18.5 Å². The monoisotopic (exact) mass is 308 g/mol. The van der Waals surface area contributed by atoms with E-state index in [4.69, 9.17) is 5.11 Å². The summed E-state index contributed by atoms with van der Waals surface area (Å²) in [7, 11) is 0. The molecule has 7 heteroatoms. The Morgan fingerprint density at radius 3 is 2.73 bits per heavy atom. The van der Waals surface area contributed by atoms with Gasteiger partial charge in [0.15, 0.2) is 0 Å². The van der Waals surface area contributed by atoms with Gasteiger partial charge in [0.2, 0.25) is 5.67 Å². The summed E-state index contributed by atoms with van der Waals surface area (Å²) in [6, 6.07) is 1.58. The molecule has 6 nitrogen and oxygen atoms in total. The highest BCUT2D eigenvalue weighted by Crippen LogP contribution is 2.27. The second-order valence-corrected chi connectivity index (χ2v) is 5.97. The van der Waals surface area contributed by atoms with Gasteiger partial charge in [-0.25, -0.2) is 9.18 Å². The molecule has 0 bridgehead atoms. The van der Waals surface area contributed by atoms with Gasteiger partial charge in [-0.05, 0) is 37.3 Å². The van der Waals surface area contributed by atoms with E-state index in [2.05, 4.69) is 4.98 Å². The summed E-state index contributed by atoms with van der Waals surface area (Å²) in [6.45, 7) is -0.518. The number of nitrogens with one attached hydrogen (secondary N) is 1. The zero-order chi connectivity index (χ0) is 15.9. The Morgan fingerprint density at radius 1 is 1.32 bits per heavy atom. The number of carboxylic acid groups (broad SMARTS) is 1. The molecule has 22 heavy (non-hydrogen) atoms. The summed E-state index contributed by atoms with van der Waals surface area (Å²) in [5, 5.41) is 8.87. The molecule has 2 heterocycles. The fraction of sp³-hybridized carbons (Fsp3) is 0.533. The summed E-state index contributed by atoms with van der Waals surface area (Å²) in [5.41, 5.74) is -1.14. The van der Waals surface area contributed by atoms with Gasteiger partial charge in [-0.15, -0.1) is 0 Å². The van der Waals surface area contributed by atoms with Gasteiger partial charge in [-0.3, -0.25) is 9.59 Å². The zero-order valence-corrected chi connectivity index (χ0v) is 12.0. The predicted octanol–water partition coefficient (Wildman–Crippen LogP) is 0.892. The Labute approximate surface area is 125 Å². The Kier molecular flexibility index (Phi) is 3.50. The first-order valence-corrected chi connectivity index (χ1v) is 7.37. The van der Waals surface area contributed by atoms with Gasteiger partial charge in [-0.2, -0.15) is 0 Å². The SMILES string of the molecule is O=C(c1cc2c([nH]c1=O)CCCC2)N1CCC(F)(C(=O)O)C1. The van der Waals surface area contributed by atoms with Gasteiger partial charge in [-0.1, -0.05) is 0 Å². The van der Waals surface area contributed by atoms with Crippen molar-refractivity contribution in [3.63, 3.8) is 0 Å². The minimum absolute atomic E-state index is 0.00183. The number of hydrogen-bond donors (Lipinski definition) is 2. The van der Waals surface area contributed by atoms with Crippen LogP contribution in [-0.2, 0) is 17.6 Å². The molecule has 1 unspecified atom stereocenters. The van der Waals surface area contributed by atoms with Crippen molar-refractivity contribution in [2.75, 3.05) is 13.1 Å². The van der Waals surface area contributed by atoms with Crippen molar-refractivity contribution in [2.24, 2.45) is 0 Å². The molecule has 1 aliphatic heterocycles. The Hall–Kier alpha value is -2.18. The predicted molar refractivity (Wildman–Crippen MR) is 75.7 cm³/mol. The molecule has 0 radical (unpaired) electrons. The molecule has 2 aliphatic rings. The lowest BCUT2D eigenvalue weighted by molar-refractivity contribution is -0.149. The van der Waals surface area contributed by atoms with Crippen molar-refractivity contribution in [3.8, 4) is 0 Å². The van der Waals surface area contributed by atoms with Crippen molar-refractivity contribution < 1.29 is 19.1 Å². The molecule has 0 spiro atoms. The molecule has 3 rings (SSSR count). The highest BCUT2D eigenvalue weighted by atomic mass is 19.1. The van der Waals surface area contributed by atoms with E-state index < -0.39 is 29.6 Å². The van der Waals surface area contributed by atoms with Crippen LogP contribution >= 0.6 is 0 Å². The molecule has 1 aromatic heterocycles. The first-order valence-electron chi connectivity index (χ1n) is 7.37. The maximum atomic E-state index is 14.1. The smallest absolute Gasteiger partial charge is 0.343 e. The number of hydrogen-bond acceptors (Lipinski definition) is 3. The molecule has 1 amide bonds. The Balaban J connectivity index is 1.87. The number of H-pyrrole nitrogens is 1. The third-order valence-corrected chi connectivity index (χ3v) is 4.46. The number of aryl methyl sites for hydroxylation is 2. The number of carbonyl (C=O) groups excluding carboxylic acids is 1. The van der Waals surface area contributed by atoms with Crippen molar-refractivity contribution >= 4 is 11.9 Å². The molecule has 1 saturated heterocycles. The number of fused-ring (bicyclic) bond motifs is 1. The third-order valence-electron chi connectivity index (χ3n) is 4.46. The lowest BCUT2D eigenvalue weighted by Crippen LogP contribution is -2.40. The molecule has 0 saturated carbocycles. The molecule has 118 valence electrons. The van der Waals surface area contributed by atoms with Crippen LogP contribution in [0.2, 0.25) is 0 Å². The lowest BCUT2D eigenvalue weighted by atomic mass is 9.95. The summed E-state index contributed by atoms with van der Waals surface area (Å²) < 4.78 is 14.1. The molecular formula is C15H17FN2O4. The summed E-state index contributed by atoms with van der Waals surface area (Å²) in [5.74, 6) is -2.17. The molecule has 1 fully saturated rings. The number of aromatic amines is 1. The minimum atomic E-state index is -2.42. The van der Waals surface area contributed by atoms with Crippen LogP contribution in [0.25, 0.3) is 0 Å². The van der Waals surface area contributed by atoms with E-state index in [1.165, 1.54) is 0 Å². The van der Waals surface area contributed by atoms with E-state index >= 15 is 0 Å². The maximum absolute atomic E-state index is 14.1. The summed E-state index contributed by atoms with van der Waals surface area (Å²) >= 11 is 0. The number of aromatic nitrogens is 1. The van der Waals surface area contributed by atoms with Crippen molar-refractivity contribution in [1.29, 1.82) is 0 Å². The number of carbonyl (C=O) groups is 2. The van der Waals surface area contributed by atoms with Crippen LogP contribution in [0.5, 0.6) is 0 Å². The largest absolute Gasteiger partial charge is 0.479 e. The van der Waals surface area contributed by atoms with Crippen LogP contribution in [0.4, 0.5) is 4.39 Å². The summed E-state index contributed by atoms with van der Waals surface area (Å²) in [6.07, 6.45) is 3.34. The lowest BCUT2D eigenvalue weighted by Gasteiger charge is -2.19. The van der Waals surface area contributed by atoms with Gasteiger partial charge >= 0.3 is 5.97 Å². The second kappa shape index (κ2) is 5.23. The fourth-order valence-electron chi connectivity index (χ4n) is 3.12. The third kappa shape index (κ3) is 2.40. The number of aliphatic carboxylic acids is 1. The zero-order valence-electron chi connectivity index (χ0n) is 12.0. The van der Waals surface area contributed by atoms with Gasteiger partial charge in [0.1, 0.15) is 5.56 Å². The van der Waals surface area contributed by atoms with Crippen LogP contribution in [0.1, 0.15) is 40.9 Å². The number of halogens is 1. The van der Waals surface area contributed by atoms with Gasteiger partial charge in [0.05, 0.1) is 6.54 Å². The number of pyridine rings is 1. The second-order valence-electron chi connectivity index (χ2n) is 5.97. The highest BCUT2D eigenvalue weighted by molar-refractivity contribution is 5.95. The first-order chi connectivity index (χ1) is 10.4. The number of carboxylic acids is 1. The topological polar surface area (TPSA) is 90.5 Å². The summed E-state index contributed by atoms with van der Waals surface area (Å²) in [4.78, 5) is 39.2. The Morgan fingerprint density at radius 2 is 2.05 bits per heavy atom. The van der Waals surface area contributed by atoms with E-state index in [9.17, 15) is 18.8 Å². The van der Waals surface area contributed by atoms with E-state index in [0.29, 0.717) is 0 Å². The van der Waals surface area contributed by atoms with Crippen molar-refractivity contribution in [2.45, 2.75) is 37.8 Å².